The van der Waals surface area contributed by atoms with Crippen LogP contribution >= 0.6 is 0 Å². The second kappa shape index (κ2) is 39.6. The van der Waals surface area contributed by atoms with E-state index in [0.29, 0.717) is 6.42 Å². The summed E-state index contributed by atoms with van der Waals surface area (Å²) in [5, 5.41) is 91.3. The third kappa shape index (κ3) is 26.3. The van der Waals surface area contributed by atoms with E-state index in [1.54, 1.807) is 6.92 Å². The highest BCUT2D eigenvalue weighted by Crippen LogP contribution is 2.30. The Morgan fingerprint density at radius 2 is 1.04 bits per heavy atom. The average molecular weight is 997 g/mol. The zero-order chi connectivity index (χ0) is 53.3. The van der Waals surface area contributed by atoms with Crippen molar-refractivity contribution in [1.82, 2.24) is 5.32 Å². The molecule has 13 atom stereocenters. The van der Waals surface area contributed by atoms with Gasteiger partial charge in [-0.15, -0.1) is 0 Å². The smallest absolute Gasteiger partial charge is 0.297 e. The summed E-state index contributed by atoms with van der Waals surface area (Å²) in [6.45, 7) is 1.93. The highest BCUT2D eigenvalue weighted by Gasteiger charge is 2.51. The van der Waals surface area contributed by atoms with Crippen LogP contribution in [0.4, 0.5) is 0 Å². The maximum atomic E-state index is 13.1. The van der Waals surface area contributed by atoms with Crippen LogP contribution in [0.25, 0.3) is 10.4 Å². The van der Waals surface area contributed by atoms with Gasteiger partial charge in [0.05, 0.1) is 38.0 Å². The molecule has 2 saturated heterocycles. The predicted octanol–water partition coefficient (Wildman–Crippen LogP) is 0.304. The summed E-state index contributed by atoms with van der Waals surface area (Å²) in [4.78, 5) is 15.7. The van der Waals surface area contributed by atoms with Gasteiger partial charge in [-0.2, -0.15) is 0 Å². The fraction of sp³-hybridized carbons (Fsp3) is 0.554. The first-order valence-electron chi connectivity index (χ1n) is 23.7. The van der Waals surface area contributed by atoms with E-state index in [1.165, 1.54) is 44.9 Å². The van der Waals surface area contributed by atoms with Crippen molar-refractivity contribution in [2.45, 2.75) is 177 Å². The summed E-state index contributed by atoms with van der Waals surface area (Å²) >= 11 is 0. The van der Waals surface area contributed by atoms with Crippen LogP contribution in [0.3, 0.4) is 0 Å². The summed E-state index contributed by atoms with van der Waals surface area (Å²) in [5.74, 6) is 58.2. The molecule has 1 amide bonds. The molecule has 0 bridgehead atoms. The number of azide groups is 1. The molecule has 2 rings (SSSR count). The molecule has 2 fully saturated rings. The molecule has 17 heteroatoms. The fourth-order valence-electron chi connectivity index (χ4n) is 6.82. The van der Waals surface area contributed by atoms with Crippen LogP contribution < -0.4 is 5.32 Å². The van der Waals surface area contributed by atoms with Gasteiger partial charge in [0.25, 0.3) is 5.91 Å². The number of unbranched alkanes of at least 4 members (excludes halogenated alkanes) is 11. The molecule has 73 heavy (non-hydrogen) atoms. The SMILES string of the molecule is CC#CC#CC#CC#CC#CC#CC#CC#CC#CC#CC#CC#CC(=O)N[C@@H](CO[C@H]1OC(CN=[N+]=[N-])[C@H](O)[C@H](O)C1OC1OC(CO)[C@H](O)[C@H](O)C1O)[C@H](O)[C@H](O)CCCCCCCCCCCCCC. The molecule has 2 aliphatic heterocycles. The molecule has 0 spiro atoms. The number of ether oxygens (including phenoxy) is 4. The molecule has 17 nitrogen and oxygen atoms in total. The van der Waals surface area contributed by atoms with Crippen molar-refractivity contribution < 1.29 is 64.6 Å². The largest absolute Gasteiger partial charge is 0.394 e. The third-order valence-corrected chi connectivity index (χ3v) is 10.6. The Labute approximate surface area is 428 Å². The molecule has 0 aromatic rings. The van der Waals surface area contributed by atoms with Crippen molar-refractivity contribution in [2.75, 3.05) is 19.8 Å². The lowest BCUT2D eigenvalue weighted by Crippen LogP contribution is -2.65. The number of carbonyl (C=O) groups excluding carboxylic acids is 1. The molecule has 382 valence electrons. The van der Waals surface area contributed by atoms with Gasteiger partial charge < -0.3 is 65.1 Å². The predicted molar refractivity (Wildman–Crippen MR) is 268 cm³/mol. The van der Waals surface area contributed by atoms with Crippen molar-refractivity contribution in [1.29, 1.82) is 0 Å². The Balaban J connectivity index is 2.17. The van der Waals surface area contributed by atoms with Gasteiger partial charge in [-0.25, -0.2) is 0 Å². The minimum atomic E-state index is -1.93. The van der Waals surface area contributed by atoms with Crippen LogP contribution in [-0.2, 0) is 23.7 Å². The zero-order valence-corrected chi connectivity index (χ0v) is 40.8. The van der Waals surface area contributed by atoms with Crippen LogP contribution in [0.1, 0.15) is 97.3 Å². The van der Waals surface area contributed by atoms with E-state index in [2.05, 4.69) is 164 Å². The average Bonchev–Trinajstić information content (AvgIpc) is 3.39. The first kappa shape index (κ1) is 62.1. The monoisotopic (exact) mass is 996 g/mol. The van der Waals surface area contributed by atoms with Crippen molar-refractivity contribution in [3.63, 3.8) is 0 Å². The highest BCUT2D eigenvalue weighted by atomic mass is 16.8. The number of hydrogen-bond donors (Lipinski definition) is 9. The van der Waals surface area contributed by atoms with E-state index < -0.39 is 105 Å². The molecule has 0 aliphatic carbocycles. The van der Waals surface area contributed by atoms with E-state index in [1.807, 2.05) is 0 Å². The van der Waals surface area contributed by atoms with Gasteiger partial charge in [-0.1, -0.05) is 95.0 Å². The quantitative estimate of drug-likeness (QED) is 0.0207. The Hall–Kier alpha value is -6.98. The summed E-state index contributed by atoms with van der Waals surface area (Å²) in [7, 11) is 0. The third-order valence-electron chi connectivity index (χ3n) is 10.6. The van der Waals surface area contributed by atoms with Gasteiger partial charge in [0.1, 0.15) is 48.8 Å². The van der Waals surface area contributed by atoms with E-state index in [-0.39, 0.29) is 6.42 Å². The van der Waals surface area contributed by atoms with Crippen molar-refractivity contribution >= 4 is 5.91 Å². The number of carbonyl (C=O) groups is 1. The van der Waals surface area contributed by atoms with E-state index in [4.69, 9.17) is 24.5 Å². The lowest BCUT2D eigenvalue weighted by Gasteiger charge is -2.46. The van der Waals surface area contributed by atoms with Crippen molar-refractivity contribution in [3.8, 4) is 142 Å². The molecule has 2 aliphatic rings. The van der Waals surface area contributed by atoms with E-state index in [9.17, 15) is 45.6 Å². The Morgan fingerprint density at radius 3 is 1.51 bits per heavy atom. The van der Waals surface area contributed by atoms with E-state index >= 15 is 0 Å². The van der Waals surface area contributed by atoms with Crippen LogP contribution in [0, 0.1) is 142 Å². The van der Waals surface area contributed by atoms with E-state index in [0.717, 1.165) is 25.7 Å². The summed E-state index contributed by atoms with van der Waals surface area (Å²) in [6.07, 6.45) is -7.03. The van der Waals surface area contributed by atoms with Crippen molar-refractivity contribution in [2.24, 2.45) is 5.11 Å². The number of amides is 1. The molecule has 0 aromatic carbocycles. The molecule has 0 aromatic heterocycles. The summed E-state index contributed by atoms with van der Waals surface area (Å²) in [5.41, 5.74) is 8.91. The molecule has 5 unspecified atom stereocenters. The van der Waals surface area contributed by atoms with Gasteiger partial charge >= 0.3 is 0 Å². The summed E-state index contributed by atoms with van der Waals surface area (Å²) < 4.78 is 22.9. The first-order chi connectivity index (χ1) is 35.5. The molecule has 2 heterocycles. The topological polar surface area (TPSA) is 277 Å². The molecule has 0 radical (unpaired) electrons. The number of hydrogen-bond acceptors (Lipinski definition) is 14. The van der Waals surface area contributed by atoms with Crippen LogP contribution in [0.2, 0.25) is 0 Å². The zero-order valence-electron chi connectivity index (χ0n) is 40.8. The van der Waals surface area contributed by atoms with Gasteiger partial charge in [-0.3, -0.25) is 4.79 Å². The second-order valence-electron chi connectivity index (χ2n) is 16.0. The molecule has 9 N–H and O–H groups in total. The lowest BCUT2D eigenvalue weighted by atomic mass is 9.97. The Bertz CT molecular complexity index is 2620. The second-order valence-corrected chi connectivity index (χ2v) is 16.0. The minimum absolute atomic E-state index is 0.163. The number of aliphatic hydroxyl groups excluding tert-OH is 8. The number of nitrogens with zero attached hydrogens (tertiary/aromatic N) is 3. The standard InChI is InChI=1S/C56H60N4O13/c1-3-5-7-9-11-13-15-17-18-19-20-21-22-23-24-25-26-27-29-31-33-35-37-39-47(63)59-43(48(64)44(62)38-36-34-32-30-28-16-14-12-10-8-6-4-2)42-70-56-54(52(68)49(65)45(71-56)40-58-60-57)73-55-53(69)51(67)50(66)46(41-61)72-55/h43-46,48-56,61-62,64-69H,4,6,8,10,12,14,16,28,30,32,34,36,38,40-42H2,1-2H3,(H,59,63)/t43-,44+,45?,46?,48-,49-,50-,51-,52-,53?,54?,55?,56-/m0/s1. The molecule has 0 saturated carbocycles. The molecular formula is C56H60N4O13. The lowest BCUT2D eigenvalue weighted by molar-refractivity contribution is -0.365. The Kier molecular flexibility index (Phi) is 33.7. The van der Waals surface area contributed by atoms with Gasteiger partial charge in [-0.05, 0) is 114 Å². The highest BCUT2D eigenvalue weighted by molar-refractivity contribution is 5.94. The van der Waals surface area contributed by atoms with Crippen LogP contribution in [-0.4, -0.2) is 146 Å². The number of aliphatic hydroxyl groups is 8. The Morgan fingerprint density at radius 1 is 0.603 bits per heavy atom. The van der Waals surface area contributed by atoms with Gasteiger partial charge in [0.15, 0.2) is 12.6 Å². The molecular weight excluding hydrogens is 937 g/mol. The minimum Gasteiger partial charge on any atom is -0.394 e. The maximum absolute atomic E-state index is 13.1. The number of nitrogens with one attached hydrogen (secondary N) is 1. The summed E-state index contributed by atoms with van der Waals surface area (Å²) in [6, 6.07) is -1.40. The fourth-order valence-corrected chi connectivity index (χ4v) is 6.82. The van der Waals surface area contributed by atoms with Crippen molar-refractivity contribution in [3.05, 3.63) is 10.4 Å². The normalized spacial score (nSPS) is 22.9. The van der Waals surface area contributed by atoms with Crippen LogP contribution in [0.5, 0.6) is 0 Å². The number of rotatable bonds is 24. The van der Waals surface area contributed by atoms with Gasteiger partial charge in [0, 0.05) is 46.4 Å². The van der Waals surface area contributed by atoms with Crippen LogP contribution in [0.15, 0.2) is 5.11 Å². The maximum Gasteiger partial charge on any atom is 0.297 e. The first-order valence-corrected chi connectivity index (χ1v) is 23.7. The van der Waals surface area contributed by atoms with Gasteiger partial charge in [0.2, 0.25) is 0 Å².